The van der Waals surface area contributed by atoms with Gasteiger partial charge in [-0.25, -0.2) is 4.79 Å². The number of rotatable bonds is 5. The van der Waals surface area contributed by atoms with Crippen LogP contribution in [0.4, 0.5) is 10.5 Å². The highest BCUT2D eigenvalue weighted by Gasteiger charge is 2.32. The monoisotopic (exact) mass is 362 g/mol. The standard InChI is InChI=1S/C17H26N6O3/c1-19-4-7-22(17(19)25)14-9-18-23(12-14)15-10-20(11-15)5-6-21-3-2-8-26-13-16(21)24/h9,12,15H,2-8,10-11,13H2,1H3. The Morgan fingerprint density at radius 3 is 2.81 bits per heavy atom. The van der Waals surface area contributed by atoms with E-state index in [9.17, 15) is 9.59 Å². The summed E-state index contributed by atoms with van der Waals surface area (Å²) in [4.78, 5) is 31.7. The fourth-order valence-corrected chi connectivity index (χ4v) is 3.68. The molecule has 3 amide bonds. The van der Waals surface area contributed by atoms with Crippen LogP contribution in [-0.4, -0.2) is 102 Å². The molecule has 0 unspecified atom stereocenters. The molecule has 3 fully saturated rings. The summed E-state index contributed by atoms with van der Waals surface area (Å²) in [5.74, 6) is 0.0940. The van der Waals surface area contributed by atoms with Gasteiger partial charge in [-0.05, 0) is 6.42 Å². The van der Waals surface area contributed by atoms with Crippen molar-refractivity contribution >= 4 is 17.6 Å². The Bertz CT molecular complexity index is 671. The second-order valence-corrected chi connectivity index (χ2v) is 7.23. The first-order valence-corrected chi connectivity index (χ1v) is 9.26. The van der Waals surface area contributed by atoms with Gasteiger partial charge in [-0.1, -0.05) is 0 Å². The summed E-state index contributed by atoms with van der Waals surface area (Å²) in [6.07, 6.45) is 4.65. The maximum atomic E-state index is 12.1. The summed E-state index contributed by atoms with van der Waals surface area (Å²) in [6, 6.07) is 0.369. The van der Waals surface area contributed by atoms with Crippen molar-refractivity contribution in [1.82, 2.24) is 24.5 Å². The van der Waals surface area contributed by atoms with E-state index >= 15 is 0 Å². The molecule has 0 atom stereocenters. The van der Waals surface area contributed by atoms with Crippen molar-refractivity contribution in [1.29, 1.82) is 0 Å². The van der Waals surface area contributed by atoms with Gasteiger partial charge in [0.1, 0.15) is 6.61 Å². The van der Waals surface area contributed by atoms with E-state index < -0.39 is 0 Å². The summed E-state index contributed by atoms with van der Waals surface area (Å²) in [5.41, 5.74) is 0.868. The average Bonchev–Trinajstić information content (AvgIpc) is 3.12. The van der Waals surface area contributed by atoms with Gasteiger partial charge < -0.3 is 14.5 Å². The molecular formula is C17H26N6O3. The van der Waals surface area contributed by atoms with E-state index in [-0.39, 0.29) is 18.5 Å². The molecular weight excluding hydrogens is 336 g/mol. The van der Waals surface area contributed by atoms with Gasteiger partial charge in [-0.15, -0.1) is 0 Å². The minimum atomic E-state index is 0.0332. The number of nitrogens with zero attached hydrogens (tertiary/aromatic N) is 6. The van der Waals surface area contributed by atoms with Crippen molar-refractivity contribution < 1.29 is 14.3 Å². The second-order valence-electron chi connectivity index (χ2n) is 7.23. The first kappa shape index (κ1) is 17.3. The predicted octanol–water partition coefficient (Wildman–Crippen LogP) is -0.139. The van der Waals surface area contributed by atoms with Crippen LogP contribution < -0.4 is 4.90 Å². The second kappa shape index (κ2) is 7.24. The van der Waals surface area contributed by atoms with Crippen LogP contribution in [0, 0.1) is 0 Å². The quantitative estimate of drug-likeness (QED) is 0.729. The highest BCUT2D eigenvalue weighted by Crippen LogP contribution is 2.24. The molecule has 1 aromatic heterocycles. The van der Waals surface area contributed by atoms with Crippen LogP contribution in [-0.2, 0) is 9.53 Å². The van der Waals surface area contributed by atoms with Crippen molar-refractivity contribution in [2.24, 2.45) is 0 Å². The zero-order chi connectivity index (χ0) is 18.1. The Balaban J connectivity index is 1.25. The number of hydrogen-bond acceptors (Lipinski definition) is 5. The van der Waals surface area contributed by atoms with Gasteiger partial charge in [0.15, 0.2) is 0 Å². The molecule has 26 heavy (non-hydrogen) atoms. The van der Waals surface area contributed by atoms with Gasteiger partial charge in [0.25, 0.3) is 0 Å². The van der Waals surface area contributed by atoms with E-state index in [0.717, 1.165) is 51.4 Å². The summed E-state index contributed by atoms with van der Waals surface area (Å²) < 4.78 is 7.23. The molecule has 0 saturated carbocycles. The smallest absolute Gasteiger partial charge is 0.324 e. The van der Waals surface area contributed by atoms with Gasteiger partial charge in [-0.3, -0.25) is 19.3 Å². The van der Waals surface area contributed by atoms with Gasteiger partial charge in [0, 0.05) is 65.7 Å². The number of ether oxygens (including phenoxy) is 1. The molecule has 9 nitrogen and oxygen atoms in total. The van der Waals surface area contributed by atoms with Crippen molar-refractivity contribution in [2.75, 3.05) is 71.0 Å². The van der Waals surface area contributed by atoms with E-state index in [0.29, 0.717) is 19.2 Å². The normalized spacial score (nSPS) is 22.9. The van der Waals surface area contributed by atoms with Crippen LogP contribution in [0.5, 0.6) is 0 Å². The molecule has 3 aliphatic rings. The van der Waals surface area contributed by atoms with E-state index in [1.807, 2.05) is 22.8 Å². The predicted molar refractivity (Wildman–Crippen MR) is 95.1 cm³/mol. The topological polar surface area (TPSA) is 74.2 Å². The zero-order valence-electron chi connectivity index (χ0n) is 15.2. The first-order chi connectivity index (χ1) is 12.6. The molecule has 1 aromatic rings. The maximum absolute atomic E-state index is 12.1. The van der Waals surface area contributed by atoms with Crippen LogP contribution in [0.2, 0.25) is 0 Å². The summed E-state index contributed by atoms with van der Waals surface area (Å²) in [5, 5.41) is 4.45. The van der Waals surface area contributed by atoms with E-state index in [1.54, 1.807) is 16.0 Å². The van der Waals surface area contributed by atoms with Crippen molar-refractivity contribution in [3.63, 3.8) is 0 Å². The fraction of sp³-hybridized carbons (Fsp3) is 0.706. The molecule has 0 aliphatic carbocycles. The van der Waals surface area contributed by atoms with Gasteiger partial charge in [0.2, 0.25) is 5.91 Å². The lowest BCUT2D eigenvalue weighted by molar-refractivity contribution is -0.134. The minimum absolute atomic E-state index is 0.0332. The number of carbonyl (C=O) groups is 2. The summed E-state index contributed by atoms with van der Waals surface area (Å²) in [7, 11) is 1.82. The number of aromatic nitrogens is 2. The number of hydrogen-bond donors (Lipinski definition) is 0. The maximum Gasteiger partial charge on any atom is 0.324 e. The van der Waals surface area contributed by atoms with Crippen LogP contribution in [0.1, 0.15) is 12.5 Å². The van der Waals surface area contributed by atoms with E-state index in [1.165, 1.54) is 0 Å². The van der Waals surface area contributed by atoms with E-state index in [4.69, 9.17) is 4.74 Å². The number of amides is 3. The van der Waals surface area contributed by atoms with Crippen molar-refractivity contribution in [3.8, 4) is 0 Å². The molecule has 0 aromatic carbocycles. The van der Waals surface area contributed by atoms with E-state index in [2.05, 4.69) is 10.00 Å². The van der Waals surface area contributed by atoms with Crippen LogP contribution >= 0.6 is 0 Å². The highest BCUT2D eigenvalue weighted by molar-refractivity contribution is 5.93. The molecule has 4 rings (SSSR count). The number of anilines is 1. The van der Waals surface area contributed by atoms with Gasteiger partial charge in [0.05, 0.1) is 17.9 Å². The number of likely N-dealkylation sites (N-methyl/N-ethyl adjacent to an activating group) is 1. The molecule has 0 radical (unpaired) electrons. The third-order valence-corrected chi connectivity index (χ3v) is 5.41. The fourth-order valence-electron chi connectivity index (χ4n) is 3.68. The third-order valence-electron chi connectivity index (χ3n) is 5.41. The Hall–Kier alpha value is -2.13. The number of urea groups is 1. The molecule has 142 valence electrons. The van der Waals surface area contributed by atoms with Crippen molar-refractivity contribution in [2.45, 2.75) is 12.5 Å². The molecule has 9 heteroatoms. The van der Waals surface area contributed by atoms with Crippen LogP contribution in [0.25, 0.3) is 0 Å². The summed E-state index contributed by atoms with van der Waals surface area (Å²) >= 11 is 0. The molecule has 0 bridgehead atoms. The lowest BCUT2D eigenvalue weighted by Crippen LogP contribution is -2.51. The minimum Gasteiger partial charge on any atom is -0.372 e. The summed E-state index contributed by atoms with van der Waals surface area (Å²) in [6.45, 7) is 6.62. The molecule has 0 spiro atoms. The molecule has 4 heterocycles. The first-order valence-electron chi connectivity index (χ1n) is 9.26. The Kier molecular flexibility index (Phi) is 4.82. The van der Waals surface area contributed by atoms with Crippen molar-refractivity contribution in [3.05, 3.63) is 12.4 Å². The average molecular weight is 362 g/mol. The number of likely N-dealkylation sites (tertiary alicyclic amines) is 1. The Morgan fingerprint density at radius 1 is 1.19 bits per heavy atom. The van der Waals surface area contributed by atoms with Crippen LogP contribution in [0.15, 0.2) is 12.4 Å². The Morgan fingerprint density at radius 2 is 2.04 bits per heavy atom. The zero-order valence-corrected chi connectivity index (χ0v) is 15.2. The highest BCUT2D eigenvalue weighted by atomic mass is 16.5. The third kappa shape index (κ3) is 3.41. The Labute approximate surface area is 153 Å². The molecule has 3 aliphatic heterocycles. The number of carbonyl (C=O) groups excluding carboxylic acids is 2. The molecule has 0 N–H and O–H groups in total. The lowest BCUT2D eigenvalue weighted by Gasteiger charge is -2.40. The largest absolute Gasteiger partial charge is 0.372 e. The van der Waals surface area contributed by atoms with Crippen LogP contribution in [0.3, 0.4) is 0 Å². The SMILES string of the molecule is CN1CCN(c2cnn(C3CN(CCN4CCCOCC4=O)C3)c2)C1=O. The van der Waals surface area contributed by atoms with Gasteiger partial charge in [-0.2, -0.15) is 5.10 Å². The van der Waals surface area contributed by atoms with Gasteiger partial charge >= 0.3 is 6.03 Å². The molecule has 3 saturated heterocycles. The lowest BCUT2D eigenvalue weighted by atomic mass is 10.1.